The number of carbonyl (C=O) groups excluding carboxylic acids is 1. The van der Waals surface area contributed by atoms with Gasteiger partial charge < -0.3 is 14.5 Å². The molecular weight excluding hydrogens is 282 g/mol. The van der Waals surface area contributed by atoms with E-state index in [2.05, 4.69) is 10.1 Å². The summed E-state index contributed by atoms with van der Waals surface area (Å²) in [6.07, 6.45) is -0.111. The molecule has 1 saturated heterocycles. The molecule has 112 valence electrons. The van der Waals surface area contributed by atoms with Crippen LogP contribution in [0.15, 0.2) is 4.52 Å². The van der Waals surface area contributed by atoms with Crippen LogP contribution in [0.1, 0.15) is 18.2 Å². The van der Waals surface area contributed by atoms with Gasteiger partial charge in [0.15, 0.2) is 0 Å². The van der Waals surface area contributed by atoms with Crippen molar-refractivity contribution in [2.45, 2.75) is 26.4 Å². The van der Waals surface area contributed by atoms with Crippen molar-refractivity contribution in [3.63, 3.8) is 0 Å². The van der Waals surface area contributed by atoms with Gasteiger partial charge in [-0.2, -0.15) is 0 Å². The van der Waals surface area contributed by atoms with Gasteiger partial charge in [-0.1, -0.05) is 5.16 Å². The van der Waals surface area contributed by atoms with E-state index >= 15 is 0 Å². The van der Waals surface area contributed by atoms with E-state index in [4.69, 9.17) is 16.1 Å². The highest BCUT2D eigenvalue weighted by atomic mass is 35.5. The molecule has 0 bridgehead atoms. The van der Waals surface area contributed by atoms with Crippen LogP contribution >= 0.6 is 11.6 Å². The quantitative estimate of drug-likeness (QED) is 0.887. The van der Waals surface area contributed by atoms with Gasteiger partial charge >= 0.3 is 0 Å². The first-order valence-electron chi connectivity index (χ1n) is 6.76. The average molecular weight is 302 g/mol. The minimum atomic E-state index is -0.337. The number of aryl methyl sites for hydroxylation is 1. The molecule has 2 rings (SSSR count). The molecule has 0 aliphatic carbocycles. The van der Waals surface area contributed by atoms with Crippen LogP contribution in [0.2, 0.25) is 5.22 Å². The van der Waals surface area contributed by atoms with E-state index in [1.165, 1.54) is 0 Å². The molecule has 1 fully saturated rings. The van der Waals surface area contributed by atoms with E-state index < -0.39 is 0 Å². The highest BCUT2D eigenvalue weighted by molar-refractivity contribution is 6.29. The van der Waals surface area contributed by atoms with Crippen LogP contribution in [0.5, 0.6) is 0 Å². The van der Waals surface area contributed by atoms with Gasteiger partial charge in [-0.05, 0) is 25.4 Å². The van der Waals surface area contributed by atoms with Gasteiger partial charge in [0, 0.05) is 38.3 Å². The van der Waals surface area contributed by atoms with E-state index in [0.29, 0.717) is 30.9 Å². The first kappa shape index (κ1) is 15.3. The first-order valence-corrected chi connectivity index (χ1v) is 7.14. The van der Waals surface area contributed by atoms with Crippen molar-refractivity contribution < 1.29 is 14.4 Å². The molecule has 6 nitrogen and oxygen atoms in total. The van der Waals surface area contributed by atoms with Crippen molar-refractivity contribution in [2.24, 2.45) is 0 Å². The maximum absolute atomic E-state index is 12.2. The molecule has 20 heavy (non-hydrogen) atoms. The fourth-order valence-corrected chi connectivity index (χ4v) is 2.61. The van der Waals surface area contributed by atoms with Crippen LogP contribution in [-0.2, 0) is 11.2 Å². The molecule has 1 aromatic rings. The molecule has 0 spiro atoms. The lowest BCUT2D eigenvalue weighted by molar-refractivity contribution is -0.132. The molecule has 1 atom stereocenters. The molecule has 1 aliphatic heterocycles. The normalized spacial score (nSPS) is 18.3. The van der Waals surface area contributed by atoms with Crippen molar-refractivity contribution >= 4 is 17.5 Å². The molecule has 0 saturated carbocycles. The summed E-state index contributed by atoms with van der Waals surface area (Å²) in [6.45, 7) is 7.12. The fourth-order valence-electron chi connectivity index (χ4n) is 2.37. The summed E-state index contributed by atoms with van der Waals surface area (Å²) in [5.74, 6) is 0.0369. The standard InChI is InChI=1S/C13H20ClN3O3/c1-9(18)8-16-3-5-17(6-4-16)12(19)7-11-10(2)15-20-13(11)14/h9,18H,3-8H2,1-2H3. The Bertz CT molecular complexity index is 448. The van der Waals surface area contributed by atoms with Gasteiger partial charge in [0.25, 0.3) is 0 Å². The van der Waals surface area contributed by atoms with E-state index in [1.54, 1.807) is 13.8 Å². The van der Waals surface area contributed by atoms with Crippen LogP contribution in [0.25, 0.3) is 0 Å². The molecule has 1 aromatic heterocycles. The second-order valence-electron chi connectivity index (χ2n) is 5.23. The number of rotatable bonds is 4. The third-order valence-electron chi connectivity index (χ3n) is 3.51. The van der Waals surface area contributed by atoms with Gasteiger partial charge in [-0.15, -0.1) is 0 Å². The summed E-state index contributed by atoms with van der Waals surface area (Å²) in [7, 11) is 0. The fraction of sp³-hybridized carbons (Fsp3) is 0.692. The summed E-state index contributed by atoms with van der Waals surface area (Å²) in [4.78, 5) is 16.2. The zero-order valence-electron chi connectivity index (χ0n) is 11.8. The molecule has 1 amide bonds. The van der Waals surface area contributed by atoms with Crippen LogP contribution < -0.4 is 0 Å². The number of amides is 1. The summed E-state index contributed by atoms with van der Waals surface area (Å²) in [5, 5.41) is 13.3. The molecule has 1 aliphatic rings. The number of nitrogens with zero attached hydrogens (tertiary/aromatic N) is 3. The van der Waals surface area contributed by atoms with Crippen molar-refractivity contribution in [2.75, 3.05) is 32.7 Å². The Morgan fingerprint density at radius 1 is 1.45 bits per heavy atom. The van der Waals surface area contributed by atoms with E-state index in [0.717, 1.165) is 13.1 Å². The lowest BCUT2D eigenvalue weighted by Crippen LogP contribution is -2.50. The number of hydrogen-bond acceptors (Lipinski definition) is 5. The Labute approximate surface area is 123 Å². The zero-order valence-corrected chi connectivity index (χ0v) is 12.6. The smallest absolute Gasteiger partial charge is 0.229 e. The topological polar surface area (TPSA) is 69.8 Å². The van der Waals surface area contributed by atoms with Crippen LogP contribution in [-0.4, -0.2) is 64.8 Å². The number of carbonyl (C=O) groups is 1. The maximum Gasteiger partial charge on any atom is 0.229 e. The first-order chi connectivity index (χ1) is 9.47. The number of hydrogen-bond donors (Lipinski definition) is 1. The third kappa shape index (κ3) is 3.71. The highest BCUT2D eigenvalue weighted by Gasteiger charge is 2.24. The molecular formula is C13H20ClN3O3. The van der Waals surface area contributed by atoms with Gasteiger partial charge in [-0.3, -0.25) is 9.69 Å². The molecule has 2 heterocycles. The van der Waals surface area contributed by atoms with Gasteiger partial charge in [0.05, 0.1) is 18.2 Å². The average Bonchev–Trinajstić information content (AvgIpc) is 2.70. The SMILES string of the molecule is Cc1noc(Cl)c1CC(=O)N1CCN(CC(C)O)CC1. The number of β-amino-alcohol motifs (C(OH)–C–C–N with tert-alkyl or cyclic N) is 1. The Morgan fingerprint density at radius 3 is 2.60 bits per heavy atom. The summed E-state index contributed by atoms with van der Waals surface area (Å²) < 4.78 is 4.85. The Morgan fingerprint density at radius 2 is 2.10 bits per heavy atom. The lowest BCUT2D eigenvalue weighted by atomic mass is 10.1. The van der Waals surface area contributed by atoms with Gasteiger partial charge in [0.1, 0.15) is 0 Å². The van der Waals surface area contributed by atoms with Crippen LogP contribution in [0.3, 0.4) is 0 Å². The number of aliphatic hydroxyl groups excluding tert-OH is 1. The van der Waals surface area contributed by atoms with Crippen molar-refractivity contribution in [3.8, 4) is 0 Å². The summed E-state index contributed by atoms with van der Waals surface area (Å²) >= 11 is 5.87. The van der Waals surface area contributed by atoms with Crippen molar-refractivity contribution in [1.82, 2.24) is 15.0 Å². The van der Waals surface area contributed by atoms with Gasteiger partial charge in [-0.25, -0.2) is 0 Å². The number of aliphatic hydroxyl groups is 1. The predicted molar refractivity (Wildman–Crippen MR) is 74.7 cm³/mol. The molecule has 7 heteroatoms. The lowest BCUT2D eigenvalue weighted by Gasteiger charge is -2.35. The van der Waals surface area contributed by atoms with Crippen molar-refractivity contribution in [1.29, 1.82) is 0 Å². The Balaban J connectivity index is 1.86. The second-order valence-corrected chi connectivity index (χ2v) is 5.57. The number of halogens is 1. The third-order valence-corrected chi connectivity index (χ3v) is 3.81. The van der Waals surface area contributed by atoms with Crippen LogP contribution in [0, 0.1) is 6.92 Å². The Hall–Kier alpha value is -1.11. The largest absolute Gasteiger partial charge is 0.392 e. The highest BCUT2D eigenvalue weighted by Crippen LogP contribution is 2.20. The molecule has 0 aromatic carbocycles. The monoisotopic (exact) mass is 301 g/mol. The minimum absolute atomic E-state index is 0.0369. The zero-order chi connectivity index (χ0) is 14.7. The predicted octanol–water partition coefficient (Wildman–Crippen LogP) is 0.704. The van der Waals surface area contributed by atoms with Crippen molar-refractivity contribution in [3.05, 3.63) is 16.5 Å². The Kier molecular flexibility index (Phi) is 5.01. The molecule has 1 N–H and O–H groups in total. The summed E-state index contributed by atoms with van der Waals surface area (Å²) in [5.41, 5.74) is 1.33. The summed E-state index contributed by atoms with van der Waals surface area (Å²) in [6, 6.07) is 0. The molecule has 0 radical (unpaired) electrons. The number of piperazine rings is 1. The maximum atomic E-state index is 12.2. The van der Waals surface area contributed by atoms with E-state index in [-0.39, 0.29) is 23.7 Å². The molecule has 1 unspecified atom stereocenters. The van der Waals surface area contributed by atoms with Gasteiger partial charge in [0.2, 0.25) is 11.1 Å². The minimum Gasteiger partial charge on any atom is -0.392 e. The van der Waals surface area contributed by atoms with Crippen LogP contribution in [0.4, 0.5) is 0 Å². The van der Waals surface area contributed by atoms with E-state index in [1.807, 2.05) is 4.90 Å². The number of aromatic nitrogens is 1. The van der Waals surface area contributed by atoms with E-state index in [9.17, 15) is 9.90 Å². The second kappa shape index (κ2) is 6.56.